The van der Waals surface area contributed by atoms with Crippen LogP contribution in [0.3, 0.4) is 0 Å². The fourth-order valence-corrected chi connectivity index (χ4v) is 3.54. The Hall–Kier alpha value is -4.54. The number of carbonyl (C=O) groups is 2. The number of hydrogen-bond acceptors (Lipinski definition) is 8. The highest BCUT2D eigenvalue weighted by Gasteiger charge is 2.13. The second-order valence-corrected chi connectivity index (χ2v) is 7.99. The van der Waals surface area contributed by atoms with Crippen molar-refractivity contribution in [1.29, 1.82) is 0 Å². The van der Waals surface area contributed by atoms with E-state index < -0.39 is 12.1 Å². The zero-order valence-corrected chi connectivity index (χ0v) is 19.7. The fraction of sp³-hybridized carbons (Fsp3) is 0.280. The van der Waals surface area contributed by atoms with Crippen LogP contribution in [-0.2, 0) is 16.1 Å². The minimum absolute atomic E-state index is 0.176. The predicted molar refractivity (Wildman–Crippen MR) is 128 cm³/mol. The van der Waals surface area contributed by atoms with Crippen LogP contribution in [0.5, 0.6) is 11.8 Å². The third-order valence-corrected chi connectivity index (χ3v) is 5.34. The van der Waals surface area contributed by atoms with Crippen LogP contribution in [0, 0.1) is 0 Å². The van der Waals surface area contributed by atoms with Crippen LogP contribution in [-0.4, -0.2) is 38.6 Å². The summed E-state index contributed by atoms with van der Waals surface area (Å²) in [5, 5.41) is 21.6. The molecule has 0 saturated carbocycles. The number of aromatic nitrogens is 3. The van der Waals surface area contributed by atoms with Crippen LogP contribution in [0.25, 0.3) is 22.6 Å². The molecule has 3 heterocycles. The van der Waals surface area contributed by atoms with Crippen LogP contribution in [0.15, 0.2) is 59.3 Å². The smallest absolute Gasteiger partial charge is 0.411 e. The Kier molecular flexibility index (Phi) is 7.69. The average molecular weight is 496 g/mol. The molecule has 0 spiro atoms. The zero-order valence-electron chi connectivity index (χ0n) is 19.7. The SMILES string of the molecule is CCOC(=O)Nc1ccc2nc(-c3cc[n+](CCCCCC(=O)On4c(O)ccc4O)cc3)oc2c1. The summed E-state index contributed by atoms with van der Waals surface area (Å²) in [6, 6.07) is 11.5. The van der Waals surface area contributed by atoms with E-state index in [9.17, 15) is 19.8 Å². The van der Waals surface area contributed by atoms with E-state index in [0.717, 1.165) is 24.9 Å². The highest BCUT2D eigenvalue weighted by molar-refractivity contribution is 5.88. The molecule has 0 bridgehead atoms. The second-order valence-electron chi connectivity index (χ2n) is 7.99. The average Bonchev–Trinajstić information content (AvgIpc) is 3.42. The first-order valence-corrected chi connectivity index (χ1v) is 11.6. The summed E-state index contributed by atoms with van der Waals surface area (Å²) in [7, 11) is 0. The Morgan fingerprint density at radius 3 is 2.53 bits per heavy atom. The van der Waals surface area contributed by atoms with Gasteiger partial charge in [0, 0.05) is 54.4 Å². The number of rotatable bonds is 10. The zero-order chi connectivity index (χ0) is 25.5. The van der Waals surface area contributed by atoms with Gasteiger partial charge in [-0.1, -0.05) is 0 Å². The normalized spacial score (nSPS) is 10.9. The number of carbonyl (C=O) groups excluding carboxylic acids is 2. The number of hydrogen-bond donors (Lipinski definition) is 3. The molecule has 1 amide bonds. The molecule has 0 atom stereocenters. The number of benzene rings is 1. The molecule has 188 valence electrons. The maximum Gasteiger partial charge on any atom is 0.411 e. The first-order valence-electron chi connectivity index (χ1n) is 11.6. The Bertz CT molecular complexity index is 1320. The van der Waals surface area contributed by atoms with Crippen molar-refractivity contribution in [2.45, 2.75) is 39.2 Å². The Morgan fingerprint density at radius 1 is 1.06 bits per heavy atom. The molecule has 1 aromatic carbocycles. The molecule has 0 fully saturated rings. The minimum Gasteiger partial charge on any atom is -0.492 e. The molecule has 11 nitrogen and oxygen atoms in total. The third-order valence-electron chi connectivity index (χ3n) is 5.34. The van der Waals surface area contributed by atoms with Crippen molar-refractivity contribution in [1.82, 2.24) is 9.71 Å². The number of oxazole rings is 1. The van der Waals surface area contributed by atoms with Crippen LogP contribution in [0.1, 0.15) is 32.6 Å². The van der Waals surface area contributed by atoms with Crippen LogP contribution < -0.4 is 14.7 Å². The summed E-state index contributed by atoms with van der Waals surface area (Å²) in [5.74, 6) is -0.733. The van der Waals surface area contributed by atoms with Crippen molar-refractivity contribution in [3.63, 3.8) is 0 Å². The first kappa shape index (κ1) is 24.6. The summed E-state index contributed by atoms with van der Waals surface area (Å²) in [4.78, 5) is 32.9. The van der Waals surface area contributed by atoms with E-state index in [1.54, 1.807) is 25.1 Å². The van der Waals surface area contributed by atoms with Gasteiger partial charge in [0.1, 0.15) is 12.1 Å². The van der Waals surface area contributed by atoms with Crippen molar-refractivity contribution in [3.05, 3.63) is 54.9 Å². The van der Waals surface area contributed by atoms with Gasteiger partial charge >= 0.3 is 12.1 Å². The summed E-state index contributed by atoms with van der Waals surface area (Å²) < 4.78 is 13.5. The van der Waals surface area contributed by atoms with Gasteiger partial charge in [0.15, 0.2) is 18.0 Å². The van der Waals surface area contributed by atoms with E-state index in [4.69, 9.17) is 14.0 Å². The molecule has 4 aromatic rings. The fourth-order valence-electron chi connectivity index (χ4n) is 3.54. The number of nitrogens with one attached hydrogen (secondary N) is 1. The Morgan fingerprint density at radius 2 is 1.81 bits per heavy atom. The van der Waals surface area contributed by atoms with E-state index in [2.05, 4.69) is 10.3 Å². The Labute approximate surface area is 206 Å². The molecule has 0 aliphatic rings. The summed E-state index contributed by atoms with van der Waals surface area (Å²) >= 11 is 0. The number of anilines is 1. The number of aryl methyl sites for hydroxylation is 1. The molecule has 0 unspecified atom stereocenters. The lowest BCUT2D eigenvalue weighted by molar-refractivity contribution is -0.697. The maximum atomic E-state index is 11.9. The highest BCUT2D eigenvalue weighted by atomic mass is 16.7. The third kappa shape index (κ3) is 6.12. The van der Waals surface area contributed by atoms with E-state index in [1.165, 1.54) is 12.1 Å². The molecule has 0 saturated heterocycles. The molecule has 3 N–H and O–H groups in total. The molecular weight excluding hydrogens is 468 g/mol. The first-order chi connectivity index (χ1) is 17.4. The van der Waals surface area contributed by atoms with E-state index in [-0.39, 0.29) is 24.8 Å². The highest BCUT2D eigenvalue weighted by Crippen LogP contribution is 2.26. The van der Waals surface area contributed by atoms with Crippen molar-refractivity contribution < 1.29 is 38.4 Å². The number of nitrogens with zero attached hydrogens (tertiary/aromatic N) is 3. The molecule has 4 rings (SSSR count). The van der Waals surface area contributed by atoms with Gasteiger partial charge in [-0.15, -0.1) is 4.73 Å². The Balaban J connectivity index is 1.24. The quantitative estimate of drug-likeness (QED) is 0.223. The summed E-state index contributed by atoms with van der Waals surface area (Å²) in [5.41, 5.74) is 2.61. The topological polar surface area (TPSA) is 140 Å². The number of pyridine rings is 1. The maximum absolute atomic E-state index is 11.9. The molecule has 0 aliphatic carbocycles. The molecule has 3 aromatic heterocycles. The van der Waals surface area contributed by atoms with Crippen LogP contribution in [0.2, 0.25) is 0 Å². The van der Waals surface area contributed by atoms with Gasteiger partial charge in [0.25, 0.3) is 0 Å². The molecule has 36 heavy (non-hydrogen) atoms. The standard InChI is InChI=1S/C25H26N4O7/c1-2-34-25(33)26-18-7-8-19-20(16-18)35-24(27-19)17-11-14-28(15-12-17)13-5-3-4-6-23(32)36-29-21(30)9-10-22(29)31/h7-12,14-16H,2-6,13H2,1H3,(H2,26,27,30,31,33)/p+1. The number of amides is 1. The number of fused-ring (bicyclic) bond motifs is 1. The number of aromatic hydroxyl groups is 2. The minimum atomic E-state index is -0.532. The van der Waals surface area contributed by atoms with Gasteiger partial charge in [-0.2, -0.15) is 0 Å². The largest absolute Gasteiger partial charge is 0.492 e. The molecule has 0 aliphatic heterocycles. The van der Waals surface area contributed by atoms with Crippen LogP contribution in [0.4, 0.5) is 10.5 Å². The van der Waals surface area contributed by atoms with Gasteiger partial charge in [0.2, 0.25) is 17.7 Å². The lowest BCUT2D eigenvalue weighted by Gasteiger charge is -2.06. The number of unbranched alkanes of at least 4 members (excludes halogenated alkanes) is 2. The molecule has 0 radical (unpaired) electrons. The summed E-state index contributed by atoms with van der Waals surface area (Å²) in [6.07, 6.45) is 5.80. The van der Waals surface area contributed by atoms with E-state index in [0.29, 0.717) is 33.8 Å². The van der Waals surface area contributed by atoms with Crippen molar-refractivity contribution in [3.8, 4) is 23.2 Å². The van der Waals surface area contributed by atoms with E-state index in [1.807, 2.05) is 29.1 Å². The van der Waals surface area contributed by atoms with Crippen LogP contribution >= 0.6 is 0 Å². The van der Waals surface area contributed by atoms with Crippen molar-refractivity contribution in [2.24, 2.45) is 0 Å². The van der Waals surface area contributed by atoms with Crippen molar-refractivity contribution >= 4 is 28.8 Å². The van der Waals surface area contributed by atoms with Gasteiger partial charge in [0.05, 0.1) is 6.61 Å². The second kappa shape index (κ2) is 11.3. The molecular formula is C25H27N4O7+. The monoisotopic (exact) mass is 495 g/mol. The van der Waals surface area contributed by atoms with Gasteiger partial charge in [-0.3, -0.25) is 5.32 Å². The lowest BCUT2D eigenvalue weighted by atomic mass is 10.2. The van der Waals surface area contributed by atoms with Crippen molar-refractivity contribution in [2.75, 3.05) is 11.9 Å². The lowest BCUT2D eigenvalue weighted by Crippen LogP contribution is -2.32. The molecule has 11 heteroatoms. The van der Waals surface area contributed by atoms with Gasteiger partial charge in [-0.05, 0) is 31.9 Å². The predicted octanol–water partition coefficient (Wildman–Crippen LogP) is 3.78. The number of ether oxygens (including phenoxy) is 1. The summed E-state index contributed by atoms with van der Waals surface area (Å²) in [6.45, 7) is 2.79. The van der Waals surface area contributed by atoms with Gasteiger partial charge in [-0.25, -0.2) is 19.1 Å². The van der Waals surface area contributed by atoms with E-state index >= 15 is 0 Å². The van der Waals surface area contributed by atoms with Gasteiger partial charge < -0.3 is 24.2 Å².